The lowest BCUT2D eigenvalue weighted by Crippen LogP contribution is -2.37. The van der Waals surface area contributed by atoms with Gasteiger partial charge in [0.2, 0.25) is 0 Å². The van der Waals surface area contributed by atoms with Gasteiger partial charge in [0.25, 0.3) is 0 Å². The average molecular weight is 501 g/mol. The summed E-state index contributed by atoms with van der Waals surface area (Å²) < 4.78 is 17.4. The van der Waals surface area contributed by atoms with Crippen LogP contribution in [0.25, 0.3) is 17.1 Å². The van der Waals surface area contributed by atoms with Crippen molar-refractivity contribution in [1.82, 2.24) is 14.5 Å². The van der Waals surface area contributed by atoms with E-state index in [1.165, 1.54) is 12.1 Å². The number of aldehydes is 1. The van der Waals surface area contributed by atoms with Gasteiger partial charge in [-0.25, -0.2) is 9.37 Å². The number of nitrogens with zero attached hydrogens (tertiary/aromatic N) is 4. The number of allylic oxidation sites excluding steroid dienone is 1. The standard InChI is InChI=1S/C26H27Cl2FN4O/c27-10-13-31(14-11-28)19-4-6-24-22(17-19)30-25-9-12-32-23(7-8-26(32)33(24)25)20-5-3-18(2-1-15-34)16-21(20)29/h1-6,15-17,23,26H,7-14H2/b2-1+. The van der Waals surface area contributed by atoms with Gasteiger partial charge in [-0.05, 0) is 48.7 Å². The van der Waals surface area contributed by atoms with Crippen molar-refractivity contribution >= 4 is 52.3 Å². The molecule has 1 saturated heterocycles. The summed E-state index contributed by atoms with van der Waals surface area (Å²) in [4.78, 5) is 20.1. The van der Waals surface area contributed by atoms with Crippen LogP contribution < -0.4 is 4.90 Å². The van der Waals surface area contributed by atoms with Crippen molar-refractivity contribution in [2.75, 3.05) is 36.3 Å². The Balaban J connectivity index is 1.44. The Morgan fingerprint density at radius 3 is 2.68 bits per heavy atom. The molecule has 2 aliphatic rings. The average Bonchev–Trinajstić information content (AvgIpc) is 3.43. The number of aromatic nitrogens is 2. The van der Waals surface area contributed by atoms with Crippen LogP contribution in [0.2, 0.25) is 0 Å². The monoisotopic (exact) mass is 500 g/mol. The molecule has 1 aromatic heterocycles. The molecule has 2 aliphatic heterocycles. The van der Waals surface area contributed by atoms with Crippen LogP contribution in [-0.2, 0) is 11.2 Å². The molecule has 0 spiro atoms. The highest BCUT2D eigenvalue weighted by molar-refractivity contribution is 6.18. The van der Waals surface area contributed by atoms with Crippen LogP contribution in [0, 0.1) is 5.82 Å². The number of carbonyl (C=O) groups is 1. The third-order valence-electron chi connectivity index (χ3n) is 6.94. The Bertz CT molecular complexity index is 1220. The van der Waals surface area contributed by atoms with E-state index in [4.69, 9.17) is 28.2 Å². The minimum atomic E-state index is -0.219. The number of imidazole rings is 1. The van der Waals surface area contributed by atoms with Crippen LogP contribution in [0.15, 0.2) is 42.5 Å². The van der Waals surface area contributed by atoms with Gasteiger partial charge in [0.1, 0.15) is 17.9 Å². The number of benzene rings is 2. The lowest BCUT2D eigenvalue weighted by Gasteiger charge is -2.36. The molecule has 0 radical (unpaired) electrons. The molecule has 5 nitrogen and oxygen atoms in total. The van der Waals surface area contributed by atoms with Gasteiger partial charge in [0.05, 0.1) is 17.2 Å². The van der Waals surface area contributed by atoms with Gasteiger partial charge >= 0.3 is 0 Å². The number of fused-ring (bicyclic) bond motifs is 5. The molecule has 0 aliphatic carbocycles. The lowest BCUT2D eigenvalue weighted by molar-refractivity contribution is -0.104. The van der Waals surface area contributed by atoms with Crippen molar-refractivity contribution in [3.8, 4) is 0 Å². The molecule has 0 saturated carbocycles. The highest BCUT2D eigenvalue weighted by atomic mass is 35.5. The first-order chi connectivity index (χ1) is 16.6. The second-order valence-electron chi connectivity index (χ2n) is 8.77. The molecule has 2 atom stereocenters. The van der Waals surface area contributed by atoms with Crippen LogP contribution in [0.3, 0.4) is 0 Å². The van der Waals surface area contributed by atoms with Gasteiger partial charge in [0, 0.05) is 55.1 Å². The number of anilines is 1. The normalized spacial score (nSPS) is 20.1. The molecule has 3 heterocycles. The van der Waals surface area contributed by atoms with Crippen LogP contribution in [0.5, 0.6) is 0 Å². The Kier molecular flexibility index (Phi) is 6.91. The van der Waals surface area contributed by atoms with E-state index in [2.05, 4.69) is 32.6 Å². The summed E-state index contributed by atoms with van der Waals surface area (Å²) in [7, 11) is 0. The van der Waals surface area contributed by atoms with Crippen molar-refractivity contribution in [3.63, 3.8) is 0 Å². The maximum Gasteiger partial charge on any atom is 0.142 e. The van der Waals surface area contributed by atoms with E-state index in [-0.39, 0.29) is 18.0 Å². The summed E-state index contributed by atoms with van der Waals surface area (Å²) in [6, 6.07) is 11.7. The first-order valence-corrected chi connectivity index (χ1v) is 12.8. The molecular weight excluding hydrogens is 474 g/mol. The van der Waals surface area contributed by atoms with Crippen molar-refractivity contribution < 1.29 is 9.18 Å². The van der Waals surface area contributed by atoms with E-state index in [0.29, 0.717) is 23.6 Å². The minimum Gasteiger partial charge on any atom is -0.369 e. The molecule has 0 N–H and O–H groups in total. The molecule has 178 valence electrons. The molecule has 0 bridgehead atoms. The van der Waals surface area contributed by atoms with Crippen LogP contribution >= 0.6 is 23.2 Å². The predicted molar refractivity (Wildman–Crippen MR) is 136 cm³/mol. The van der Waals surface area contributed by atoms with Gasteiger partial charge in [-0.15, -0.1) is 23.2 Å². The Hall–Kier alpha value is -2.41. The molecular formula is C26H27Cl2FN4O. The van der Waals surface area contributed by atoms with Gasteiger partial charge in [-0.2, -0.15) is 0 Å². The first-order valence-electron chi connectivity index (χ1n) is 11.7. The number of alkyl halides is 2. The zero-order valence-corrected chi connectivity index (χ0v) is 20.4. The number of hydrogen-bond donors (Lipinski definition) is 0. The molecule has 3 aromatic rings. The highest BCUT2D eigenvalue weighted by Gasteiger charge is 2.40. The molecule has 34 heavy (non-hydrogen) atoms. The van der Waals surface area contributed by atoms with E-state index in [1.807, 2.05) is 12.1 Å². The van der Waals surface area contributed by atoms with Crippen LogP contribution in [0.1, 0.15) is 42.0 Å². The molecule has 1 fully saturated rings. The van der Waals surface area contributed by atoms with Crippen LogP contribution in [-0.4, -0.2) is 52.1 Å². The maximum absolute atomic E-state index is 15.0. The fourth-order valence-electron chi connectivity index (χ4n) is 5.48. The van der Waals surface area contributed by atoms with E-state index >= 15 is 4.39 Å². The minimum absolute atomic E-state index is 0.0295. The molecule has 5 rings (SSSR count). The predicted octanol–water partition coefficient (Wildman–Crippen LogP) is 5.56. The van der Waals surface area contributed by atoms with E-state index in [0.717, 1.165) is 67.0 Å². The zero-order valence-electron chi connectivity index (χ0n) is 18.8. The summed E-state index contributed by atoms with van der Waals surface area (Å²) in [6.07, 6.45) is 6.53. The van der Waals surface area contributed by atoms with Gasteiger partial charge in [0.15, 0.2) is 0 Å². The SMILES string of the molecule is O=C/C=C/c1ccc(C2CCC3N2CCc2nc4cc(N(CCCl)CCCl)ccc4n23)c(F)c1. The first kappa shape index (κ1) is 23.3. The summed E-state index contributed by atoms with van der Waals surface area (Å²) in [5.74, 6) is 1.95. The second kappa shape index (κ2) is 10.1. The molecule has 2 unspecified atom stereocenters. The number of carbonyl (C=O) groups excluding carboxylic acids is 1. The van der Waals surface area contributed by atoms with E-state index in [1.54, 1.807) is 6.08 Å². The van der Waals surface area contributed by atoms with Crippen LogP contribution in [0.4, 0.5) is 10.1 Å². The number of rotatable bonds is 8. The fourth-order valence-corrected chi connectivity index (χ4v) is 5.88. The largest absolute Gasteiger partial charge is 0.369 e. The second-order valence-corrected chi connectivity index (χ2v) is 9.53. The topological polar surface area (TPSA) is 41.4 Å². The van der Waals surface area contributed by atoms with Gasteiger partial charge < -0.3 is 9.47 Å². The summed E-state index contributed by atoms with van der Waals surface area (Å²) >= 11 is 12.0. The van der Waals surface area contributed by atoms with Gasteiger partial charge in [-0.3, -0.25) is 9.69 Å². The van der Waals surface area contributed by atoms with Crippen molar-refractivity contribution in [2.24, 2.45) is 0 Å². The van der Waals surface area contributed by atoms with Crippen molar-refractivity contribution in [2.45, 2.75) is 31.5 Å². The van der Waals surface area contributed by atoms with Crippen molar-refractivity contribution in [1.29, 1.82) is 0 Å². The molecule has 2 aromatic carbocycles. The Morgan fingerprint density at radius 1 is 1.12 bits per heavy atom. The smallest absolute Gasteiger partial charge is 0.142 e. The molecule has 0 amide bonds. The number of hydrogen-bond acceptors (Lipinski definition) is 4. The third-order valence-corrected chi connectivity index (χ3v) is 7.28. The van der Waals surface area contributed by atoms with Gasteiger partial charge in [-0.1, -0.05) is 18.2 Å². The molecule has 8 heteroatoms. The quantitative estimate of drug-likeness (QED) is 0.230. The maximum atomic E-state index is 15.0. The fraction of sp³-hybridized carbons (Fsp3) is 0.385. The van der Waals surface area contributed by atoms with E-state index < -0.39 is 0 Å². The Morgan fingerprint density at radius 2 is 1.94 bits per heavy atom. The summed E-state index contributed by atoms with van der Waals surface area (Å²) in [5, 5.41) is 0. The lowest BCUT2D eigenvalue weighted by atomic mass is 10.0. The summed E-state index contributed by atoms with van der Waals surface area (Å²) in [5.41, 5.74) is 4.58. The highest BCUT2D eigenvalue weighted by Crippen LogP contribution is 2.46. The third kappa shape index (κ3) is 4.23. The van der Waals surface area contributed by atoms with E-state index in [9.17, 15) is 4.79 Å². The number of halogens is 3. The Labute approximate surface area is 208 Å². The van der Waals surface area contributed by atoms with Crippen molar-refractivity contribution in [3.05, 3.63) is 65.2 Å². The zero-order chi connectivity index (χ0) is 23.7. The summed E-state index contributed by atoms with van der Waals surface area (Å²) in [6.45, 7) is 2.32.